The number of halogens is 1. The van der Waals surface area contributed by atoms with Crippen molar-refractivity contribution in [3.05, 3.63) is 22.6 Å². The first-order valence-corrected chi connectivity index (χ1v) is 5.51. The molecule has 1 heterocycles. The van der Waals surface area contributed by atoms with Gasteiger partial charge in [0.1, 0.15) is 0 Å². The van der Waals surface area contributed by atoms with E-state index in [9.17, 15) is 4.79 Å². The van der Waals surface area contributed by atoms with E-state index in [1.165, 1.54) is 6.26 Å². The third kappa shape index (κ3) is 3.62. The van der Waals surface area contributed by atoms with E-state index in [2.05, 4.69) is 21.2 Å². The summed E-state index contributed by atoms with van der Waals surface area (Å²) in [6, 6.07) is 1.59. The number of carbonyl (C=O) groups excluding carboxylic acids is 1. The maximum atomic E-state index is 11.7. The average Bonchev–Trinajstić information content (AvgIpc) is 2.70. The summed E-state index contributed by atoms with van der Waals surface area (Å²) >= 11 is 3.14. The van der Waals surface area contributed by atoms with Crippen LogP contribution in [0.2, 0.25) is 0 Å². The monoisotopic (exact) mass is 291 g/mol. The molecule has 16 heavy (non-hydrogen) atoms. The summed E-state index contributed by atoms with van der Waals surface area (Å²) in [5, 5.41) is 2.73. The van der Waals surface area contributed by atoms with Crippen molar-refractivity contribution in [1.29, 1.82) is 0 Å². The number of rotatable bonds is 6. The molecular formula is C10H14BrNO4. The van der Waals surface area contributed by atoms with Gasteiger partial charge in [-0.2, -0.15) is 0 Å². The smallest absolute Gasteiger partial charge is 0.255 e. The standard InChI is InChI=1S/C10H14BrNO4/c1-14-6-7(15-2)5-12-10(13)8-3-4-16-9(8)11/h3-4,7H,5-6H2,1-2H3,(H,12,13). The summed E-state index contributed by atoms with van der Waals surface area (Å²) in [5.74, 6) is -0.209. The Kier molecular flexibility index (Phi) is 5.51. The van der Waals surface area contributed by atoms with Crippen molar-refractivity contribution >= 4 is 21.8 Å². The van der Waals surface area contributed by atoms with E-state index >= 15 is 0 Å². The Bertz CT molecular complexity index is 339. The highest BCUT2D eigenvalue weighted by atomic mass is 79.9. The average molecular weight is 292 g/mol. The fraction of sp³-hybridized carbons (Fsp3) is 0.500. The van der Waals surface area contributed by atoms with Crippen LogP contribution < -0.4 is 5.32 Å². The molecule has 0 aliphatic heterocycles. The normalized spacial score (nSPS) is 12.4. The number of carbonyl (C=O) groups is 1. The quantitative estimate of drug-likeness (QED) is 0.861. The molecule has 0 fully saturated rings. The molecule has 0 saturated carbocycles. The van der Waals surface area contributed by atoms with Gasteiger partial charge in [-0.1, -0.05) is 0 Å². The Hall–Kier alpha value is -0.850. The van der Waals surface area contributed by atoms with Gasteiger partial charge >= 0.3 is 0 Å². The zero-order valence-corrected chi connectivity index (χ0v) is 10.7. The summed E-state index contributed by atoms with van der Waals surface area (Å²) < 4.78 is 15.4. The van der Waals surface area contributed by atoms with Crippen LogP contribution in [0.15, 0.2) is 21.4 Å². The molecule has 1 unspecified atom stereocenters. The highest BCUT2D eigenvalue weighted by molar-refractivity contribution is 9.10. The number of amides is 1. The molecule has 0 radical (unpaired) electrons. The van der Waals surface area contributed by atoms with E-state index < -0.39 is 0 Å². The fourth-order valence-corrected chi connectivity index (χ4v) is 1.57. The second-order valence-electron chi connectivity index (χ2n) is 3.13. The largest absolute Gasteiger partial charge is 0.457 e. The van der Waals surface area contributed by atoms with E-state index in [0.717, 1.165) is 0 Å². The number of hydrogen-bond acceptors (Lipinski definition) is 4. The van der Waals surface area contributed by atoms with Crippen molar-refractivity contribution in [3.8, 4) is 0 Å². The van der Waals surface area contributed by atoms with Crippen LogP contribution in [-0.4, -0.2) is 39.4 Å². The highest BCUT2D eigenvalue weighted by Crippen LogP contribution is 2.16. The fourth-order valence-electron chi connectivity index (χ4n) is 1.15. The van der Waals surface area contributed by atoms with Crippen LogP contribution in [0.5, 0.6) is 0 Å². The molecule has 0 aromatic carbocycles. The summed E-state index contributed by atoms with van der Waals surface area (Å²) in [7, 11) is 3.16. The number of methoxy groups -OCH3 is 2. The Labute approximate surface area is 102 Å². The molecule has 0 spiro atoms. The first-order chi connectivity index (χ1) is 7.69. The van der Waals surface area contributed by atoms with Crippen molar-refractivity contribution in [2.45, 2.75) is 6.10 Å². The molecule has 1 aromatic rings. The molecule has 6 heteroatoms. The maximum Gasteiger partial charge on any atom is 0.255 e. The lowest BCUT2D eigenvalue weighted by molar-refractivity contribution is 0.0285. The molecule has 1 aromatic heterocycles. The van der Waals surface area contributed by atoms with Crippen molar-refractivity contribution in [3.63, 3.8) is 0 Å². The highest BCUT2D eigenvalue weighted by Gasteiger charge is 2.14. The molecule has 1 atom stereocenters. The van der Waals surface area contributed by atoms with Gasteiger partial charge < -0.3 is 19.2 Å². The summed E-state index contributed by atoms with van der Waals surface area (Å²) in [4.78, 5) is 11.7. The predicted octanol–water partition coefficient (Wildman–Crippen LogP) is 1.43. The van der Waals surface area contributed by atoms with Gasteiger partial charge in [0.25, 0.3) is 5.91 Å². The topological polar surface area (TPSA) is 60.7 Å². The Balaban J connectivity index is 2.43. The Morgan fingerprint density at radius 2 is 2.38 bits per heavy atom. The molecule has 5 nitrogen and oxygen atoms in total. The molecule has 0 bridgehead atoms. The summed E-state index contributed by atoms with van der Waals surface area (Å²) in [6.45, 7) is 0.824. The molecular weight excluding hydrogens is 278 g/mol. The molecule has 1 amide bonds. The van der Waals surface area contributed by atoms with Gasteiger partial charge in [-0.05, 0) is 22.0 Å². The number of ether oxygens (including phenoxy) is 2. The number of nitrogens with one attached hydrogen (secondary N) is 1. The van der Waals surface area contributed by atoms with Crippen LogP contribution in [0.3, 0.4) is 0 Å². The van der Waals surface area contributed by atoms with E-state index in [4.69, 9.17) is 13.9 Å². The van der Waals surface area contributed by atoms with Crippen LogP contribution in [0, 0.1) is 0 Å². The number of hydrogen-bond donors (Lipinski definition) is 1. The second kappa shape index (κ2) is 6.67. The van der Waals surface area contributed by atoms with Gasteiger partial charge in [-0.15, -0.1) is 0 Å². The van der Waals surface area contributed by atoms with Crippen LogP contribution in [0.4, 0.5) is 0 Å². The van der Waals surface area contributed by atoms with E-state index in [1.807, 2.05) is 0 Å². The van der Waals surface area contributed by atoms with Crippen LogP contribution in [-0.2, 0) is 9.47 Å². The number of furan rings is 1. The minimum absolute atomic E-state index is 0.153. The van der Waals surface area contributed by atoms with Crippen LogP contribution >= 0.6 is 15.9 Å². The van der Waals surface area contributed by atoms with Gasteiger partial charge in [0, 0.05) is 20.8 Å². The van der Waals surface area contributed by atoms with Gasteiger partial charge in [0.2, 0.25) is 0 Å². The predicted molar refractivity (Wildman–Crippen MR) is 61.4 cm³/mol. The van der Waals surface area contributed by atoms with Gasteiger partial charge in [-0.25, -0.2) is 0 Å². The van der Waals surface area contributed by atoms with E-state index in [-0.39, 0.29) is 12.0 Å². The van der Waals surface area contributed by atoms with Gasteiger partial charge in [0.15, 0.2) is 4.67 Å². The van der Waals surface area contributed by atoms with E-state index in [1.54, 1.807) is 20.3 Å². The Morgan fingerprint density at radius 3 is 2.88 bits per heavy atom. The molecule has 0 aliphatic carbocycles. The lowest BCUT2D eigenvalue weighted by Gasteiger charge is -2.14. The molecule has 90 valence electrons. The third-order valence-corrected chi connectivity index (χ3v) is 2.65. The Morgan fingerprint density at radius 1 is 1.62 bits per heavy atom. The van der Waals surface area contributed by atoms with Crippen molar-refractivity contribution in [1.82, 2.24) is 5.32 Å². The minimum atomic E-state index is -0.209. The second-order valence-corrected chi connectivity index (χ2v) is 3.85. The van der Waals surface area contributed by atoms with E-state index in [0.29, 0.717) is 23.4 Å². The lowest BCUT2D eigenvalue weighted by atomic mass is 10.3. The molecule has 0 aliphatic rings. The first-order valence-electron chi connectivity index (χ1n) is 4.72. The van der Waals surface area contributed by atoms with Crippen LogP contribution in [0.25, 0.3) is 0 Å². The maximum absolute atomic E-state index is 11.7. The lowest BCUT2D eigenvalue weighted by Crippen LogP contribution is -2.35. The minimum Gasteiger partial charge on any atom is -0.457 e. The molecule has 1 rings (SSSR count). The summed E-state index contributed by atoms with van der Waals surface area (Å²) in [6.07, 6.45) is 1.29. The van der Waals surface area contributed by atoms with Crippen molar-refractivity contribution in [2.75, 3.05) is 27.4 Å². The SMILES string of the molecule is COCC(CNC(=O)c1ccoc1Br)OC. The zero-order chi connectivity index (χ0) is 12.0. The molecule has 1 N–H and O–H groups in total. The summed E-state index contributed by atoms with van der Waals surface area (Å²) in [5.41, 5.74) is 0.465. The van der Waals surface area contributed by atoms with Crippen molar-refractivity contribution < 1.29 is 18.7 Å². The van der Waals surface area contributed by atoms with Gasteiger partial charge in [0.05, 0.1) is 24.5 Å². The zero-order valence-electron chi connectivity index (χ0n) is 9.16. The first kappa shape index (κ1) is 13.2. The third-order valence-electron chi connectivity index (χ3n) is 2.04. The molecule has 0 saturated heterocycles. The van der Waals surface area contributed by atoms with Crippen LogP contribution in [0.1, 0.15) is 10.4 Å². The van der Waals surface area contributed by atoms with Gasteiger partial charge in [-0.3, -0.25) is 4.79 Å². The van der Waals surface area contributed by atoms with Crippen molar-refractivity contribution in [2.24, 2.45) is 0 Å².